The molecule has 0 unspecified atom stereocenters. The summed E-state index contributed by atoms with van der Waals surface area (Å²) in [4.78, 5) is 5.39. The lowest BCUT2D eigenvalue weighted by Gasteiger charge is -2.06. The van der Waals surface area contributed by atoms with Crippen LogP contribution in [0.4, 0.5) is 0 Å². The monoisotopic (exact) mass is 390 g/mol. The van der Waals surface area contributed by atoms with Gasteiger partial charge in [0.25, 0.3) is 0 Å². The molecule has 8 heteroatoms. The molecule has 0 bridgehead atoms. The molecule has 6 nitrogen and oxygen atoms in total. The molecular formula is C18H22N4O2S2. The van der Waals surface area contributed by atoms with Crippen LogP contribution in [-0.4, -0.2) is 29.7 Å². The summed E-state index contributed by atoms with van der Waals surface area (Å²) >= 11 is 1.32. The Balaban J connectivity index is 1.71. The number of aryl methyl sites for hydroxylation is 2. The minimum absolute atomic E-state index is 0.331. The van der Waals surface area contributed by atoms with Crippen LogP contribution in [0.15, 0.2) is 40.7 Å². The molecule has 0 aliphatic heterocycles. The van der Waals surface area contributed by atoms with Gasteiger partial charge in [-0.3, -0.25) is 0 Å². The third-order valence-corrected chi connectivity index (χ3v) is 7.41. The van der Waals surface area contributed by atoms with Crippen molar-refractivity contribution in [2.75, 3.05) is 6.54 Å². The Morgan fingerprint density at radius 3 is 2.65 bits per heavy atom. The smallest absolute Gasteiger partial charge is 0.237 e. The van der Waals surface area contributed by atoms with Gasteiger partial charge in [-0.1, -0.05) is 13.0 Å². The van der Waals surface area contributed by atoms with Crippen molar-refractivity contribution in [1.29, 1.82) is 0 Å². The highest BCUT2D eigenvalue weighted by molar-refractivity contribution is 7.91. The van der Waals surface area contributed by atoms with Crippen LogP contribution < -0.4 is 4.72 Å². The van der Waals surface area contributed by atoms with Crippen molar-refractivity contribution >= 4 is 21.4 Å². The zero-order chi connectivity index (χ0) is 18.7. The van der Waals surface area contributed by atoms with Gasteiger partial charge in [0, 0.05) is 23.3 Å². The molecule has 0 aliphatic carbocycles. The van der Waals surface area contributed by atoms with Crippen molar-refractivity contribution in [3.63, 3.8) is 0 Å². The quantitative estimate of drug-likeness (QED) is 0.673. The van der Waals surface area contributed by atoms with Gasteiger partial charge in [0.2, 0.25) is 10.0 Å². The third-order valence-electron chi connectivity index (χ3n) is 4.22. The van der Waals surface area contributed by atoms with Crippen LogP contribution >= 0.6 is 11.3 Å². The van der Waals surface area contributed by atoms with E-state index in [4.69, 9.17) is 0 Å². The first-order valence-corrected chi connectivity index (χ1v) is 10.8. The number of hydrogen-bond donors (Lipinski definition) is 1. The fourth-order valence-electron chi connectivity index (χ4n) is 2.81. The Morgan fingerprint density at radius 2 is 2.00 bits per heavy atom. The highest BCUT2D eigenvalue weighted by Gasteiger charge is 2.18. The summed E-state index contributed by atoms with van der Waals surface area (Å²) in [5.41, 5.74) is 2.90. The lowest BCUT2D eigenvalue weighted by atomic mass is 10.1. The second-order valence-corrected chi connectivity index (χ2v) is 9.13. The highest BCUT2D eigenvalue weighted by Crippen LogP contribution is 2.22. The number of nitrogens with one attached hydrogen (secondary N) is 1. The number of hydrogen-bond acceptors (Lipinski definition) is 5. The zero-order valence-electron chi connectivity index (χ0n) is 15.1. The number of pyridine rings is 1. The van der Waals surface area contributed by atoms with Gasteiger partial charge in [-0.2, -0.15) is 5.10 Å². The molecule has 0 saturated heterocycles. The summed E-state index contributed by atoms with van der Waals surface area (Å²) in [7, 11) is -3.46. The van der Waals surface area contributed by atoms with Crippen LogP contribution in [0.5, 0.6) is 0 Å². The fraction of sp³-hybridized carbons (Fsp3) is 0.333. The van der Waals surface area contributed by atoms with Crippen molar-refractivity contribution in [2.24, 2.45) is 0 Å². The van der Waals surface area contributed by atoms with E-state index < -0.39 is 10.0 Å². The van der Waals surface area contributed by atoms with E-state index >= 15 is 0 Å². The molecule has 138 valence electrons. The molecule has 0 saturated carbocycles. The molecule has 0 aliphatic rings. The summed E-state index contributed by atoms with van der Waals surface area (Å²) in [6.07, 6.45) is 3.15. The Bertz CT molecular complexity index is 992. The molecule has 3 aromatic heterocycles. The van der Waals surface area contributed by atoms with Crippen LogP contribution in [0, 0.1) is 13.8 Å². The molecule has 3 heterocycles. The highest BCUT2D eigenvalue weighted by atomic mass is 32.2. The van der Waals surface area contributed by atoms with Gasteiger partial charge < -0.3 is 0 Å². The van der Waals surface area contributed by atoms with Crippen molar-refractivity contribution in [3.05, 3.63) is 58.4 Å². The second-order valence-electron chi connectivity index (χ2n) is 5.97. The van der Waals surface area contributed by atoms with Crippen LogP contribution in [0.1, 0.15) is 28.8 Å². The Morgan fingerprint density at radius 1 is 1.19 bits per heavy atom. The number of nitrogens with zero attached hydrogens (tertiary/aromatic N) is 3. The topological polar surface area (TPSA) is 76.9 Å². The van der Waals surface area contributed by atoms with Crippen molar-refractivity contribution in [2.45, 2.75) is 37.8 Å². The summed E-state index contributed by atoms with van der Waals surface area (Å²) in [6, 6.07) is 9.21. The van der Waals surface area contributed by atoms with E-state index in [2.05, 4.69) is 14.8 Å². The molecule has 1 N–H and O–H groups in total. The number of thiophene rings is 1. The first-order valence-electron chi connectivity index (χ1n) is 8.47. The van der Waals surface area contributed by atoms with Gasteiger partial charge in [0.05, 0.1) is 5.69 Å². The molecule has 0 aromatic carbocycles. The molecule has 26 heavy (non-hydrogen) atoms. The first kappa shape index (κ1) is 18.8. The van der Waals surface area contributed by atoms with Crippen LogP contribution in [0.2, 0.25) is 0 Å². The number of aromatic nitrogens is 3. The van der Waals surface area contributed by atoms with Crippen LogP contribution in [0.25, 0.3) is 5.82 Å². The average Bonchev–Trinajstić information content (AvgIpc) is 3.23. The van der Waals surface area contributed by atoms with Gasteiger partial charge in [-0.15, -0.1) is 11.3 Å². The maximum absolute atomic E-state index is 12.4. The average molecular weight is 391 g/mol. The molecule has 3 rings (SSSR count). The molecule has 0 spiro atoms. The largest absolute Gasteiger partial charge is 0.250 e. The maximum Gasteiger partial charge on any atom is 0.250 e. The summed E-state index contributed by atoms with van der Waals surface area (Å²) < 4.78 is 29.7. The molecule has 0 amide bonds. The van der Waals surface area contributed by atoms with Crippen molar-refractivity contribution in [3.8, 4) is 5.82 Å². The molecule has 0 fully saturated rings. The fourth-order valence-corrected chi connectivity index (χ4v) is 5.18. The minimum atomic E-state index is -3.46. The van der Waals surface area contributed by atoms with Gasteiger partial charge in [-0.05, 0) is 56.5 Å². The van der Waals surface area contributed by atoms with Crippen LogP contribution in [-0.2, 0) is 22.9 Å². The predicted molar refractivity (Wildman–Crippen MR) is 103 cm³/mol. The SMILES string of the molecule is CCc1ccc(S(=O)(=O)NCCc2c(C)nn(-c3ccccn3)c2C)s1. The summed E-state index contributed by atoms with van der Waals surface area (Å²) in [5, 5.41) is 4.55. The van der Waals surface area contributed by atoms with Gasteiger partial charge >= 0.3 is 0 Å². The van der Waals surface area contributed by atoms with Gasteiger partial charge in [0.1, 0.15) is 4.21 Å². The first-order chi connectivity index (χ1) is 12.4. The number of sulfonamides is 1. The van der Waals surface area contributed by atoms with Crippen molar-refractivity contribution in [1.82, 2.24) is 19.5 Å². The molecular weight excluding hydrogens is 368 g/mol. The Labute approximate surface area is 158 Å². The second kappa shape index (κ2) is 7.69. The molecule has 3 aromatic rings. The number of rotatable bonds is 7. The third kappa shape index (κ3) is 3.87. The van der Waals surface area contributed by atoms with Crippen LogP contribution in [0.3, 0.4) is 0 Å². The lowest BCUT2D eigenvalue weighted by Crippen LogP contribution is -2.25. The van der Waals surface area contributed by atoms with Crippen molar-refractivity contribution < 1.29 is 8.42 Å². The lowest BCUT2D eigenvalue weighted by molar-refractivity contribution is 0.583. The van der Waals surface area contributed by atoms with E-state index in [1.54, 1.807) is 16.9 Å². The minimum Gasteiger partial charge on any atom is -0.237 e. The summed E-state index contributed by atoms with van der Waals surface area (Å²) in [6.45, 7) is 6.26. The standard InChI is InChI=1S/C18H22N4O2S2/c1-4-15-8-9-18(25-15)26(23,24)20-12-10-16-13(2)21-22(14(16)3)17-7-5-6-11-19-17/h5-9,11,20H,4,10,12H2,1-3H3. The maximum atomic E-state index is 12.4. The Kier molecular flexibility index (Phi) is 5.55. The van der Waals surface area contributed by atoms with E-state index in [9.17, 15) is 8.42 Å². The van der Waals surface area contributed by atoms with E-state index in [-0.39, 0.29) is 0 Å². The van der Waals surface area contributed by atoms with E-state index in [0.29, 0.717) is 17.2 Å². The van der Waals surface area contributed by atoms with E-state index in [0.717, 1.165) is 34.1 Å². The molecule has 0 atom stereocenters. The van der Waals surface area contributed by atoms with Gasteiger partial charge in [0.15, 0.2) is 5.82 Å². The zero-order valence-corrected chi connectivity index (χ0v) is 16.7. The summed E-state index contributed by atoms with van der Waals surface area (Å²) in [5.74, 6) is 0.755. The van der Waals surface area contributed by atoms with E-state index in [1.165, 1.54) is 11.3 Å². The predicted octanol–water partition coefficient (Wildman–Crippen LogP) is 3.03. The van der Waals surface area contributed by atoms with Gasteiger partial charge in [-0.25, -0.2) is 22.8 Å². The Hall–Kier alpha value is -2.03. The molecule has 0 radical (unpaired) electrons. The normalized spacial score (nSPS) is 11.8. The van der Waals surface area contributed by atoms with E-state index in [1.807, 2.05) is 45.0 Å².